The molecule has 196 valence electrons. The zero-order valence-corrected chi connectivity index (χ0v) is 22.4. The summed E-state index contributed by atoms with van der Waals surface area (Å²) in [5, 5.41) is 2.48. The summed E-state index contributed by atoms with van der Waals surface area (Å²) in [6.45, 7) is 3.67. The second kappa shape index (κ2) is 11.7. The number of benzene rings is 3. The molecule has 0 unspecified atom stereocenters. The van der Waals surface area contributed by atoms with Crippen LogP contribution in [0.3, 0.4) is 0 Å². The number of methoxy groups -OCH3 is 1. The quantitative estimate of drug-likeness (QED) is 0.326. The summed E-state index contributed by atoms with van der Waals surface area (Å²) in [7, 11) is 1.46. The molecule has 0 aliphatic carbocycles. The predicted octanol–water partition coefficient (Wildman–Crippen LogP) is 6.36. The third-order valence-electron chi connectivity index (χ3n) is 5.85. The minimum atomic E-state index is -0.504. The van der Waals surface area contributed by atoms with E-state index < -0.39 is 17.0 Å². The molecule has 3 aromatic rings. The molecular formula is C28H24ClFN2O5S. The van der Waals surface area contributed by atoms with Gasteiger partial charge in [0.05, 0.1) is 18.6 Å². The van der Waals surface area contributed by atoms with Crippen LogP contribution in [-0.2, 0) is 16.1 Å². The molecule has 0 spiro atoms. The molecule has 0 radical (unpaired) electrons. The van der Waals surface area contributed by atoms with Crippen molar-refractivity contribution in [3.05, 3.63) is 92.6 Å². The lowest BCUT2D eigenvalue weighted by Crippen LogP contribution is -2.27. The molecule has 4 rings (SSSR count). The van der Waals surface area contributed by atoms with E-state index in [-0.39, 0.29) is 29.0 Å². The molecular weight excluding hydrogens is 531 g/mol. The zero-order chi connectivity index (χ0) is 27.4. The Labute approximate surface area is 228 Å². The van der Waals surface area contributed by atoms with Gasteiger partial charge in [0, 0.05) is 10.7 Å². The summed E-state index contributed by atoms with van der Waals surface area (Å²) in [4.78, 5) is 39.0. The fourth-order valence-electron chi connectivity index (χ4n) is 3.66. The molecule has 0 aromatic heterocycles. The summed E-state index contributed by atoms with van der Waals surface area (Å²) in [5.74, 6) is -0.609. The minimum Gasteiger partial charge on any atom is -0.493 e. The summed E-state index contributed by atoms with van der Waals surface area (Å²) in [5.41, 5.74) is 3.93. The second-order valence-electron chi connectivity index (χ2n) is 8.55. The van der Waals surface area contributed by atoms with E-state index in [1.165, 1.54) is 19.2 Å². The normalized spacial score (nSPS) is 14.2. The Kier molecular flexibility index (Phi) is 8.38. The number of rotatable bonds is 8. The number of amides is 3. The molecule has 1 aliphatic rings. The number of thioether (sulfide) groups is 1. The van der Waals surface area contributed by atoms with Crippen LogP contribution < -0.4 is 14.8 Å². The van der Waals surface area contributed by atoms with Crippen LogP contribution in [0, 0.1) is 19.7 Å². The highest BCUT2D eigenvalue weighted by Crippen LogP contribution is 2.36. The van der Waals surface area contributed by atoms with E-state index in [1.807, 2.05) is 32.0 Å². The van der Waals surface area contributed by atoms with E-state index in [9.17, 15) is 18.8 Å². The Morgan fingerprint density at radius 1 is 1.05 bits per heavy atom. The van der Waals surface area contributed by atoms with Gasteiger partial charge in [0.25, 0.3) is 17.1 Å². The highest BCUT2D eigenvalue weighted by Gasteiger charge is 2.35. The maximum Gasteiger partial charge on any atom is 0.293 e. The number of imide groups is 1. The molecule has 0 saturated carbocycles. The van der Waals surface area contributed by atoms with Crippen LogP contribution in [0.1, 0.15) is 22.3 Å². The molecule has 7 nitrogen and oxygen atoms in total. The number of halogens is 2. The number of anilines is 1. The highest BCUT2D eigenvalue weighted by atomic mass is 35.5. The van der Waals surface area contributed by atoms with Crippen LogP contribution >= 0.6 is 23.4 Å². The summed E-state index contributed by atoms with van der Waals surface area (Å²) in [6.07, 6.45) is 1.57. The summed E-state index contributed by atoms with van der Waals surface area (Å²) < 4.78 is 24.4. The summed E-state index contributed by atoms with van der Waals surface area (Å²) >= 11 is 6.85. The first-order valence-electron chi connectivity index (χ1n) is 11.5. The van der Waals surface area contributed by atoms with E-state index in [1.54, 1.807) is 24.3 Å². The van der Waals surface area contributed by atoms with Crippen LogP contribution in [0.4, 0.5) is 14.9 Å². The molecule has 1 aliphatic heterocycles. The largest absolute Gasteiger partial charge is 0.493 e. The SMILES string of the molecule is COc1cc(/C=C2/SC(=O)N(Cc3ccc(F)cc3Cl)C2=O)ccc1OCC(=O)Nc1ccc(C)c(C)c1. The third-order valence-corrected chi connectivity index (χ3v) is 7.11. The average Bonchev–Trinajstić information content (AvgIpc) is 3.14. The lowest BCUT2D eigenvalue weighted by Gasteiger charge is -2.13. The smallest absolute Gasteiger partial charge is 0.293 e. The minimum absolute atomic E-state index is 0.0680. The highest BCUT2D eigenvalue weighted by molar-refractivity contribution is 8.18. The van der Waals surface area contributed by atoms with Gasteiger partial charge in [-0.2, -0.15) is 0 Å². The van der Waals surface area contributed by atoms with E-state index in [0.717, 1.165) is 33.9 Å². The van der Waals surface area contributed by atoms with Crippen LogP contribution in [-0.4, -0.2) is 35.7 Å². The number of aryl methyl sites for hydroxylation is 2. The number of carbonyl (C=O) groups is 3. The van der Waals surface area contributed by atoms with Gasteiger partial charge in [-0.15, -0.1) is 0 Å². The van der Waals surface area contributed by atoms with Crippen molar-refractivity contribution in [2.75, 3.05) is 19.0 Å². The maximum atomic E-state index is 13.3. The lowest BCUT2D eigenvalue weighted by molar-refractivity contribution is -0.123. The van der Waals surface area contributed by atoms with Crippen molar-refractivity contribution < 1.29 is 28.2 Å². The fraction of sp³-hybridized carbons (Fsp3) is 0.179. The Balaban J connectivity index is 1.42. The molecule has 1 heterocycles. The Bertz CT molecular complexity index is 1460. The zero-order valence-electron chi connectivity index (χ0n) is 20.8. The van der Waals surface area contributed by atoms with Gasteiger partial charge >= 0.3 is 0 Å². The van der Waals surface area contributed by atoms with Crippen molar-refractivity contribution in [3.63, 3.8) is 0 Å². The van der Waals surface area contributed by atoms with Crippen molar-refractivity contribution in [2.24, 2.45) is 0 Å². The van der Waals surface area contributed by atoms with Crippen molar-refractivity contribution in [1.29, 1.82) is 0 Å². The number of nitrogens with zero attached hydrogens (tertiary/aromatic N) is 1. The van der Waals surface area contributed by atoms with Gasteiger partial charge in [-0.05, 0) is 90.3 Å². The lowest BCUT2D eigenvalue weighted by atomic mass is 10.1. The summed E-state index contributed by atoms with van der Waals surface area (Å²) in [6, 6.07) is 14.4. The first kappa shape index (κ1) is 27.2. The molecule has 1 N–H and O–H groups in total. The molecule has 0 atom stereocenters. The first-order chi connectivity index (χ1) is 18.1. The van der Waals surface area contributed by atoms with Crippen LogP contribution in [0.5, 0.6) is 11.5 Å². The Morgan fingerprint density at radius 3 is 2.55 bits per heavy atom. The topological polar surface area (TPSA) is 84.9 Å². The van der Waals surface area contributed by atoms with Crippen molar-refractivity contribution >= 4 is 52.2 Å². The van der Waals surface area contributed by atoms with E-state index in [2.05, 4.69) is 5.32 Å². The monoisotopic (exact) mass is 554 g/mol. The Hall–Kier alpha value is -3.82. The molecule has 3 amide bonds. The first-order valence-corrected chi connectivity index (χ1v) is 12.7. The number of hydrogen-bond donors (Lipinski definition) is 1. The van der Waals surface area contributed by atoms with Crippen molar-refractivity contribution in [1.82, 2.24) is 4.90 Å². The van der Waals surface area contributed by atoms with Gasteiger partial charge in [0.15, 0.2) is 18.1 Å². The molecule has 0 bridgehead atoms. The van der Waals surface area contributed by atoms with E-state index >= 15 is 0 Å². The van der Waals surface area contributed by atoms with Crippen LogP contribution in [0.25, 0.3) is 6.08 Å². The molecule has 3 aromatic carbocycles. The fourth-order valence-corrected chi connectivity index (χ4v) is 4.73. The predicted molar refractivity (Wildman–Crippen MR) is 146 cm³/mol. The standard InChI is InChI=1S/C28H24ClFN2O5S/c1-16-4-8-21(10-17(16)2)31-26(33)15-37-23-9-5-18(11-24(23)36-3)12-25-27(34)32(28(35)38-25)14-19-6-7-20(30)13-22(19)29/h4-13H,14-15H2,1-3H3,(H,31,33)/b25-12+. The van der Waals surface area contributed by atoms with Crippen molar-refractivity contribution in [3.8, 4) is 11.5 Å². The second-order valence-corrected chi connectivity index (χ2v) is 9.95. The molecule has 1 saturated heterocycles. The number of hydrogen-bond acceptors (Lipinski definition) is 6. The van der Waals surface area contributed by atoms with Gasteiger partial charge in [-0.3, -0.25) is 19.3 Å². The van der Waals surface area contributed by atoms with Crippen LogP contribution in [0.2, 0.25) is 5.02 Å². The van der Waals surface area contributed by atoms with Gasteiger partial charge in [0.2, 0.25) is 0 Å². The van der Waals surface area contributed by atoms with Gasteiger partial charge in [-0.1, -0.05) is 29.8 Å². The average molecular weight is 555 g/mol. The van der Waals surface area contributed by atoms with E-state index in [4.69, 9.17) is 21.1 Å². The number of ether oxygens (including phenoxy) is 2. The van der Waals surface area contributed by atoms with Crippen molar-refractivity contribution in [2.45, 2.75) is 20.4 Å². The Morgan fingerprint density at radius 2 is 1.84 bits per heavy atom. The van der Waals surface area contributed by atoms with Gasteiger partial charge in [-0.25, -0.2) is 4.39 Å². The number of carbonyl (C=O) groups excluding carboxylic acids is 3. The number of nitrogens with one attached hydrogen (secondary N) is 1. The van der Waals surface area contributed by atoms with Crippen LogP contribution in [0.15, 0.2) is 59.5 Å². The molecule has 1 fully saturated rings. The van der Waals surface area contributed by atoms with Gasteiger partial charge < -0.3 is 14.8 Å². The molecule has 10 heteroatoms. The molecule has 38 heavy (non-hydrogen) atoms. The van der Waals surface area contributed by atoms with E-state index in [0.29, 0.717) is 28.3 Å². The maximum absolute atomic E-state index is 13.3. The van der Waals surface area contributed by atoms with Gasteiger partial charge in [0.1, 0.15) is 5.82 Å². The third kappa shape index (κ3) is 6.35.